The van der Waals surface area contributed by atoms with Crippen molar-refractivity contribution in [3.05, 3.63) is 72.1 Å². The van der Waals surface area contributed by atoms with Crippen LogP contribution in [0.2, 0.25) is 0 Å². The van der Waals surface area contributed by atoms with E-state index in [9.17, 15) is 4.79 Å². The third kappa shape index (κ3) is 3.54. The number of para-hydroxylation sites is 1. The fourth-order valence-electron chi connectivity index (χ4n) is 5.06. The molecular formula is C25H28N4O. The summed E-state index contributed by atoms with van der Waals surface area (Å²) >= 11 is 0. The van der Waals surface area contributed by atoms with Crippen molar-refractivity contribution >= 4 is 22.5 Å². The fourth-order valence-corrected chi connectivity index (χ4v) is 5.06. The number of H-pyrrole nitrogens is 1. The lowest BCUT2D eigenvalue weighted by Gasteiger charge is -2.48. The van der Waals surface area contributed by atoms with Crippen LogP contribution in [-0.2, 0) is 0 Å². The number of fused-ring (bicyclic) bond motifs is 1. The topological polar surface area (TPSA) is 61.0 Å². The zero-order chi connectivity index (χ0) is 20.4. The highest BCUT2D eigenvalue weighted by Gasteiger charge is 2.40. The average molecular weight is 401 g/mol. The molecule has 3 aromatic rings. The molecule has 1 aliphatic carbocycles. The van der Waals surface area contributed by atoms with Crippen LogP contribution in [-0.4, -0.2) is 39.5 Å². The van der Waals surface area contributed by atoms with Crippen molar-refractivity contribution in [3.8, 4) is 0 Å². The molecule has 30 heavy (non-hydrogen) atoms. The number of benzene rings is 2. The first-order valence-corrected chi connectivity index (χ1v) is 11.0. The lowest BCUT2D eigenvalue weighted by atomic mass is 9.85. The van der Waals surface area contributed by atoms with E-state index in [0.29, 0.717) is 5.56 Å². The second-order valence-electron chi connectivity index (χ2n) is 8.44. The summed E-state index contributed by atoms with van der Waals surface area (Å²) in [6.07, 6.45) is 10.6. The molecule has 154 valence electrons. The monoisotopic (exact) mass is 400 g/mol. The van der Waals surface area contributed by atoms with Gasteiger partial charge < -0.3 is 10.3 Å². The number of rotatable bonds is 4. The second-order valence-corrected chi connectivity index (χ2v) is 8.44. The molecule has 1 fully saturated rings. The minimum Gasteiger partial charge on any atom is -0.345 e. The summed E-state index contributed by atoms with van der Waals surface area (Å²) in [5.74, 6) is -0.0209. The Kier molecular flexibility index (Phi) is 5.13. The van der Waals surface area contributed by atoms with E-state index in [-0.39, 0.29) is 11.6 Å². The number of aromatic amines is 1. The van der Waals surface area contributed by atoms with E-state index < -0.39 is 0 Å². The molecule has 0 atom stereocenters. The van der Waals surface area contributed by atoms with Crippen LogP contribution in [0.1, 0.15) is 54.4 Å². The summed E-state index contributed by atoms with van der Waals surface area (Å²) in [4.78, 5) is 23.3. The molecule has 2 aromatic carbocycles. The first-order chi connectivity index (χ1) is 14.8. The van der Waals surface area contributed by atoms with Gasteiger partial charge in [0.1, 0.15) is 5.52 Å². The molecule has 0 saturated heterocycles. The summed E-state index contributed by atoms with van der Waals surface area (Å²) < 4.78 is 0. The Labute approximate surface area is 177 Å². The number of aromatic nitrogens is 2. The smallest absolute Gasteiger partial charge is 0.254 e. The fraction of sp³-hybridized carbons (Fsp3) is 0.360. The van der Waals surface area contributed by atoms with Gasteiger partial charge in [0, 0.05) is 13.1 Å². The van der Waals surface area contributed by atoms with Gasteiger partial charge in [0.05, 0.1) is 23.1 Å². The highest BCUT2D eigenvalue weighted by Crippen LogP contribution is 2.35. The summed E-state index contributed by atoms with van der Waals surface area (Å²) in [6.45, 7) is 1.84. The Morgan fingerprint density at radius 1 is 1.03 bits per heavy atom. The normalized spacial score (nSPS) is 19.4. The SMILES string of the molecule is O=C(NC1(N2CC=C(c3ccccc3)CC2)CCCCC1)c1cccc2[nH]cnc12. The van der Waals surface area contributed by atoms with Gasteiger partial charge >= 0.3 is 0 Å². The Morgan fingerprint density at radius 2 is 1.87 bits per heavy atom. The lowest BCUT2D eigenvalue weighted by molar-refractivity contribution is 0.0258. The average Bonchev–Trinajstić information content (AvgIpc) is 3.29. The maximum atomic E-state index is 13.4. The molecule has 1 amide bonds. The molecule has 0 radical (unpaired) electrons. The molecule has 1 aliphatic heterocycles. The predicted molar refractivity (Wildman–Crippen MR) is 120 cm³/mol. The molecule has 0 spiro atoms. The highest BCUT2D eigenvalue weighted by atomic mass is 16.2. The van der Waals surface area contributed by atoms with Crippen LogP contribution in [0, 0.1) is 0 Å². The number of carbonyl (C=O) groups excluding carboxylic acids is 1. The molecule has 2 aliphatic rings. The molecule has 5 nitrogen and oxygen atoms in total. The first-order valence-electron chi connectivity index (χ1n) is 11.0. The third-order valence-electron chi connectivity index (χ3n) is 6.68. The molecule has 2 heterocycles. The lowest BCUT2D eigenvalue weighted by Crippen LogP contribution is -2.62. The van der Waals surface area contributed by atoms with Gasteiger partial charge in [0.2, 0.25) is 0 Å². The van der Waals surface area contributed by atoms with Gasteiger partial charge in [-0.3, -0.25) is 9.69 Å². The van der Waals surface area contributed by atoms with Gasteiger partial charge in [-0.15, -0.1) is 0 Å². The van der Waals surface area contributed by atoms with Crippen LogP contribution < -0.4 is 5.32 Å². The Balaban J connectivity index is 1.39. The summed E-state index contributed by atoms with van der Waals surface area (Å²) in [6, 6.07) is 16.4. The van der Waals surface area contributed by atoms with Crippen molar-refractivity contribution in [2.45, 2.75) is 44.2 Å². The molecule has 5 heteroatoms. The number of amides is 1. The first kappa shape index (κ1) is 19.1. The summed E-state index contributed by atoms with van der Waals surface area (Å²) in [5.41, 5.74) is 4.73. The largest absolute Gasteiger partial charge is 0.345 e. The highest BCUT2D eigenvalue weighted by molar-refractivity contribution is 6.05. The minimum atomic E-state index is -0.271. The minimum absolute atomic E-state index is 0.0209. The van der Waals surface area contributed by atoms with Crippen molar-refractivity contribution < 1.29 is 4.79 Å². The van der Waals surface area contributed by atoms with Crippen molar-refractivity contribution in [1.29, 1.82) is 0 Å². The summed E-state index contributed by atoms with van der Waals surface area (Å²) in [7, 11) is 0. The van der Waals surface area contributed by atoms with Crippen molar-refractivity contribution in [2.24, 2.45) is 0 Å². The summed E-state index contributed by atoms with van der Waals surface area (Å²) in [5, 5.41) is 3.46. The van der Waals surface area contributed by atoms with Crippen LogP contribution in [0.25, 0.3) is 16.6 Å². The molecule has 1 saturated carbocycles. The number of hydrogen-bond acceptors (Lipinski definition) is 3. The Morgan fingerprint density at radius 3 is 2.63 bits per heavy atom. The third-order valence-corrected chi connectivity index (χ3v) is 6.68. The predicted octanol–water partition coefficient (Wildman–Crippen LogP) is 4.74. The number of nitrogens with one attached hydrogen (secondary N) is 2. The maximum absolute atomic E-state index is 13.4. The molecule has 5 rings (SSSR count). The van der Waals surface area contributed by atoms with Crippen molar-refractivity contribution in [3.63, 3.8) is 0 Å². The number of carbonyl (C=O) groups is 1. The van der Waals surface area contributed by atoms with Crippen LogP contribution in [0.5, 0.6) is 0 Å². The zero-order valence-electron chi connectivity index (χ0n) is 17.2. The van der Waals surface area contributed by atoms with E-state index in [1.54, 1.807) is 6.33 Å². The molecule has 2 N–H and O–H groups in total. The van der Waals surface area contributed by atoms with Crippen LogP contribution >= 0.6 is 0 Å². The van der Waals surface area contributed by atoms with E-state index in [1.807, 2.05) is 18.2 Å². The Bertz CT molecular complexity index is 1060. The molecular weight excluding hydrogens is 372 g/mol. The van der Waals surface area contributed by atoms with Crippen molar-refractivity contribution in [2.75, 3.05) is 13.1 Å². The molecule has 0 unspecified atom stereocenters. The van der Waals surface area contributed by atoms with E-state index in [4.69, 9.17) is 0 Å². The standard InChI is InChI=1S/C25H28N4O/c30-24(21-10-7-11-22-23(21)27-18-26-22)28-25(14-5-2-6-15-25)29-16-12-20(13-17-29)19-8-3-1-4-9-19/h1,3-4,7-12,18H,2,5-6,13-17H2,(H,26,27)(H,28,30). The van der Waals surface area contributed by atoms with Gasteiger partial charge in [0.15, 0.2) is 0 Å². The van der Waals surface area contributed by atoms with Crippen LogP contribution in [0.4, 0.5) is 0 Å². The van der Waals surface area contributed by atoms with Gasteiger partial charge in [-0.05, 0) is 55.4 Å². The second kappa shape index (κ2) is 8.07. The van der Waals surface area contributed by atoms with Gasteiger partial charge in [-0.1, -0.05) is 48.9 Å². The quantitative estimate of drug-likeness (QED) is 0.665. The Hall–Kier alpha value is -2.92. The molecule has 0 bridgehead atoms. The number of hydrogen-bond donors (Lipinski definition) is 2. The maximum Gasteiger partial charge on any atom is 0.254 e. The van der Waals surface area contributed by atoms with Crippen molar-refractivity contribution in [1.82, 2.24) is 20.2 Å². The molecule has 1 aromatic heterocycles. The van der Waals surface area contributed by atoms with E-state index in [1.165, 1.54) is 17.6 Å². The van der Waals surface area contributed by atoms with Gasteiger partial charge in [-0.25, -0.2) is 4.98 Å². The van der Waals surface area contributed by atoms with Gasteiger partial charge in [0.25, 0.3) is 5.91 Å². The van der Waals surface area contributed by atoms with E-state index in [2.05, 4.69) is 56.6 Å². The van der Waals surface area contributed by atoms with Crippen LogP contribution in [0.15, 0.2) is 60.9 Å². The van der Waals surface area contributed by atoms with Gasteiger partial charge in [-0.2, -0.15) is 0 Å². The van der Waals surface area contributed by atoms with E-state index >= 15 is 0 Å². The number of nitrogens with zero attached hydrogens (tertiary/aromatic N) is 2. The van der Waals surface area contributed by atoms with E-state index in [0.717, 1.165) is 56.2 Å². The van der Waals surface area contributed by atoms with Crippen LogP contribution in [0.3, 0.4) is 0 Å². The zero-order valence-corrected chi connectivity index (χ0v) is 17.2. The number of imidazole rings is 1.